The number of nitrogens with zero attached hydrogens (tertiary/aromatic N) is 1. The van der Waals surface area contributed by atoms with Crippen molar-refractivity contribution < 1.29 is 9.53 Å². The van der Waals surface area contributed by atoms with Crippen LogP contribution in [0, 0.1) is 5.92 Å². The number of hydrogen-bond donors (Lipinski definition) is 1. The highest BCUT2D eigenvalue weighted by atomic mass is 79.9. The number of ether oxygens (including phenoxy) is 1. The standard InChI is InChI=1S/C18H25BrN2O2/c1-18(20)9-3-2-4-15(18)17(22)21-10-11-23-16(12-21)13-5-7-14(19)8-6-13/h5-8,15-16H,2-4,9-12,20H2,1H3. The molecule has 2 N–H and O–H groups in total. The zero-order valence-corrected chi connectivity index (χ0v) is 15.2. The lowest BCUT2D eigenvalue weighted by molar-refractivity contribution is -0.146. The molecule has 1 aromatic carbocycles. The Morgan fingerprint density at radius 3 is 2.78 bits per heavy atom. The highest BCUT2D eigenvalue weighted by Gasteiger charge is 2.40. The second-order valence-corrected chi connectivity index (χ2v) is 7.92. The molecule has 0 radical (unpaired) electrons. The van der Waals surface area contributed by atoms with Crippen molar-refractivity contribution in [3.8, 4) is 0 Å². The first kappa shape index (κ1) is 16.9. The topological polar surface area (TPSA) is 55.6 Å². The quantitative estimate of drug-likeness (QED) is 0.856. The van der Waals surface area contributed by atoms with Crippen molar-refractivity contribution in [2.75, 3.05) is 19.7 Å². The van der Waals surface area contributed by atoms with Gasteiger partial charge < -0.3 is 15.4 Å². The summed E-state index contributed by atoms with van der Waals surface area (Å²) in [7, 11) is 0. The Kier molecular flexibility index (Phi) is 5.09. The third-order valence-corrected chi connectivity index (χ3v) is 5.70. The lowest BCUT2D eigenvalue weighted by Crippen LogP contribution is -2.55. The average molecular weight is 381 g/mol. The molecule has 2 aliphatic rings. The molecule has 1 aromatic rings. The fraction of sp³-hybridized carbons (Fsp3) is 0.611. The second-order valence-electron chi connectivity index (χ2n) is 7.00. The maximum Gasteiger partial charge on any atom is 0.227 e. The fourth-order valence-electron chi connectivity index (χ4n) is 3.71. The van der Waals surface area contributed by atoms with Gasteiger partial charge >= 0.3 is 0 Å². The number of rotatable bonds is 2. The van der Waals surface area contributed by atoms with E-state index in [1.165, 1.54) is 0 Å². The molecule has 3 atom stereocenters. The van der Waals surface area contributed by atoms with Crippen molar-refractivity contribution in [2.24, 2.45) is 11.7 Å². The van der Waals surface area contributed by atoms with Gasteiger partial charge in [-0.3, -0.25) is 4.79 Å². The van der Waals surface area contributed by atoms with Crippen LogP contribution in [0.25, 0.3) is 0 Å². The SMILES string of the molecule is CC1(N)CCCCC1C(=O)N1CCOC(c2ccc(Br)cc2)C1. The van der Waals surface area contributed by atoms with Gasteiger partial charge in [-0.25, -0.2) is 0 Å². The first-order valence-electron chi connectivity index (χ1n) is 8.42. The summed E-state index contributed by atoms with van der Waals surface area (Å²) in [6.07, 6.45) is 4.02. The summed E-state index contributed by atoms with van der Waals surface area (Å²) in [5, 5.41) is 0. The van der Waals surface area contributed by atoms with Crippen LogP contribution < -0.4 is 5.73 Å². The van der Waals surface area contributed by atoms with Gasteiger partial charge in [-0.15, -0.1) is 0 Å². The first-order chi connectivity index (χ1) is 11.0. The van der Waals surface area contributed by atoms with Crippen molar-refractivity contribution in [1.29, 1.82) is 0 Å². The summed E-state index contributed by atoms with van der Waals surface area (Å²) < 4.78 is 6.93. The number of carbonyl (C=O) groups is 1. The second kappa shape index (κ2) is 6.91. The molecule has 126 valence electrons. The molecule has 5 heteroatoms. The van der Waals surface area contributed by atoms with E-state index in [2.05, 4.69) is 28.1 Å². The molecule has 3 rings (SSSR count). The van der Waals surface area contributed by atoms with Crippen LogP contribution in [0.1, 0.15) is 44.3 Å². The minimum atomic E-state index is -0.374. The normalized spacial score (nSPS) is 31.9. The molecule has 3 unspecified atom stereocenters. The summed E-state index contributed by atoms with van der Waals surface area (Å²) in [5.74, 6) is 0.153. The van der Waals surface area contributed by atoms with E-state index in [1.54, 1.807) is 0 Å². The van der Waals surface area contributed by atoms with Gasteiger partial charge in [-0.1, -0.05) is 40.9 Å². The lowest BCUT2D eigenvalue weighted by Gasteiger charge is -2.42. The highest BCUT2D eigenvalue weighted by molar-refractivity contribution is 9.10. The van der Waals surface area contributed by atoms with Crippen LogP contribution in [0.2, 0.25) is 0 Å². The lowest BCUT2D eigenvalue weighted by atomic mass is 9.74. The van der Waals surface area contributed by atoms with Gasteiger partial charge in [-0.2, -0.15) is 0 Å². The molecule has 0 bridgehead atoms. The molecular formula is C18H25BrN2O2. The molecule has 1 aliphatic heterocycles. The van der Waals surface area contributed by atoms with E-state index >= 15 is 0 Å². The van der Waals surface area contributed by atoms with Gasteiger partial charge in [0.1, 0.15) is 6.10 Å². The molecular weight excluding hydrogens is 356 g/mol. The van der Waals surface area contributed by atoms with Gasteiger partial charge in [0.05, 0.1) is 19.1 Å². The van der Waals surface area contributed by atoms with E-state index < -0.39 is 0 Å². The first-order valence-corrected chi connectivity index (χ1v) is 9.21. The van der Waals surface area contributed by atoms with Crippen LogP contribution in [0.5, 0.6) is 0 Å². The molecule has 4 nitrogen and oxygen atoms in total. The number of amides is 1. The Morgan fingerprint density at radius 2 is 2.09 bits per heavy atom. The number of halogens is 1. The van der Waals surface area contributed by atoms with Gasteiger partial charge in [0, 0.05) is 16.6 Å². The molecule has 1 heterocycles. The third kappa shape index (κ3) is 3.78. The van der Waals surface area contributed by atoms with E-state index in [4.69, 9.17) is 10.5 Å². The maximum absolute atomic E-state index is 13.0. The Bertz CT molecular complexity index is 559. The summed E-state index contributed by atoms with van der Waals surface area (Å²) >= 11 is 3.45. The Morgan fingerprint density at radius 1 is 1.35 bits per heavy atom. The predicted molar refractivity (Wildman–Crippen MR) is 94.0 cm³/mol. The van der Waals surface area contributed by atoms with E-state index in [-0.39, 0.29) is 23.5 Å². The predicted octanol–water partition coefficient (Wildman–Crippen LogP) is 3.26. The van der Waals surface area contributed by atoms with E-state index in [0.29, 0.717) is 19.7 Å². The van der Waals surface area contributed by atoms with E-state index in [0.717, 1.165) is 35.7 Å². The van der Waals surface area contributed by atoms with Crippen molar-refractivity contribution >= 4 is 21.8 Å². The molecule has 1 aliphatic carbocycles. The van der Waals surface area contributed by atoms with Crippen molar-refractivity contribution in [3.63, 3.8) is 0 Å². The van der Waals surface area contributed by atoms with Crippen LogP contribution in [-0.4, -0.2) is 36.0 Å². The summed E-state index contributed by atoms with van der Waals surface area (Å²) in [6, 6.07) is 8.13. The fourth-order valence-corrected chi connectivity index (χ4v) is 3.98. The van der Waals surface area contributed by atoms with Gasteiger partial charge in [0.15, 0.2) is 0 Å². The largest absolute Gasteiger partial charge is 0.370 e. The summed E-state index contributed by atoms with van der Waals surface area (Å²) in [6.45, 7) is 3.90. The number of hydrogen-bond acceptors (Lipinski definition) is 3. The maximum atomic E-state index is 13.0. The number of morpholine rings is 1. The number of benzene rings is 1. The van der Waals surface area contributed by atoms with Crippen LogP contribution in [0.15, 0.2) is 28.7 Å². The molecule has 0 aromatic heterocycles. The Hall–Kier alpha value is -0.910. The van der Waals surface area contributed by atoms with Crippen LogP contribution in [0.4, 0.5) is 0 Å². The minimum absolute atomic E-state index is 0.0478. The van der Waals surface area contributed by atoms with Crippen LogP contribution >= 0.6 is 15.9 Å². The van der Waals surface area contributed by atoms with Gasteiger partial charge in [0.25, 0.3) is 0 Å². The average Bonchev–Trinajstić information content (AvgIpc) is 2.55. The Labute approximate surface area is 146 Å². The number of nitrogens with two attached hydrogens (primary N) is 1. The zero-order valence-electron chi connectivity index (χ0n) is 13.6. The molecule has 23 heavy (non-hydrogen) atoms. The van der Waals surface area contributed by atoms with E-state index in [9.17, 15) is 4.79 Å². The Balaban J connectivity index is 1.70. The summed E-state index contributed by atoms with van der Waals surface area (Å²) in [5.41, 5.74) is 7.15. The van der Waals surface area contributed by atoms with Gasteiger partial charge in [-0.05, 0) is 37.5 Å². The molecule has 1 saturated carbocycles. The zero-order chi connectivity index (χ0) is 16.4. The molecule has 1 amide bonds. The van der Waals surface area contributed by atoms with Crippen molar-refractivity contribution in [3.05, 3.63) is 34.3 Å². The van der Waals surface area contributed by atoms with Gasteiger partial charge in [0.2, 0.25) is 5.91 Å². The van der Waals surface area contributed by atoms with Crippen LogP contribution in [-0.2, 0) is 9.53 Å². The minimum Gasteiger partial charge on any atom is -0.370 e. The monoisotopic (exact) mass is 380 g/mol. The number of carbonyl (C=O) groups excluding carboxylic acids is 1. The smallest absolute Gasteiger partial charge is 0.227 e. The summed E-state index contributed by atoms with van der Waals surface area (Å²) in [4.78, 5) is 14.9. The molecule has 1 saturated heterocycles. The molecule has 0 spiro atoms. The molecule has 2 fully saturated rings. The van der Waals surface area contributed by atoms with E-state index in [1.807, 2.05) is 24.0 Å². The third-order valence-electron chi connectivity index (χ3n) is 5.17. The highest BCUT2D eigenvalue weighted by Crippen LogP contribution is 2.34. The van der Waals surface area contributed by atoms with Crippen molar-refractivity contribution in [1.82, 2.24) is 4.90 Å². The van der Waals surface area contributed by atoms with Crippen LogP contribution in [0.3, 0.4) is 0 Å². The van der Waals surface area contributed by atoms with Crippen molar-refractivity contribution in [2.45, 2.75) is 44.2 Å².